The molecule has 0 spiro atoms. The van der Waals surface area contributed by atoms with Crippen molar-refractivity contribution in [1.29, 1.82) is 0 Å². The minimum atomic E-state index is -0.147. The Bertz CT molecular complexity index is 1100. The first-order valence-electron chi connectivity index (χ1n) is 10.6. The average molecular weight is 409 g/mol. The van der Waals surface area contributed by atoms with Crippen molar-refractivity contribution in [2.24, 2.45) is 0 Å². The zero-order chi connectivity index (χ0) is 21.0. The molecule has 1 aliphatic heterocycles. The molecule has 1 aliphatic carbocycles. The van der Waals surface area contributed by atoms with E-state index in [4.69, 9.17) is 9.62 Å². The zero-order valence-corrected chi connectivity index (χ0v) is 17.9. The number of aryl methyl sites for hydroxylation is 1. The Morgan fingerprint density at radius 1 is 1.17 bits per heavy atom. The smallest absolute Gasteiger partial charge is 0.292 e. The Hall–Kier alpha value is -2.97. The Morgan fingerprint density at radius 2 is 1.93 bits per heavy atom. The quantitative estimate of drug-likeness (QED) is 0.655. The number of fused-ring (bicyclic) bond motifs is 2. The standard InChI is InChI=1S/C21H27N7O2/c1-21(2,3)20-23-22-16-9-10-17(24-28(16)20)27-11-13(12-27)26(4)19(29)18-14-7-5-6-8-15(14)25-30-18/h9-10,13H,5-8,11-12H2,1-4H3. The molecule has 0 saturated carbocycles. The molecule has 9 nitrogen and oxygen atoms in total. The van der Waals surface area contributed by atoms with Crippen molar-refractivity contribution in [1.82, 2.24) is 29.9 Å². The first kappa shape index (κ1) is 19.0. The summed E-state index contributed by atoms with van der Waals surface area (Å²) >= 11 is 0. The third-order valence-electron chi connectivity index (χ3n) is 6.13. The predicted molar refractivity (Wildman–Crippen MR) is 111 cm³/mol. The third kappa shape index (κ3) is 3.03. The van der Waals surface area contributed by atoms with Crippen LogP contribution in [0.25, 0.3) is 5.65 Å². The van der Waals surface area contributed by atoms with E-state index < -0.39 is 0 Å². The Balaban J connectivity index is 1.30. The van der Waals surface area contributed by atoms with Crippen LogP contribution in [0.15, 0.2) is 16.7 Å². The maximum Gasteiger partial charge on any atom is 0.292 e. The molecule has 2 aliphatic rings. The topological polar surface area (TPSA) is 92.7 Å². The molecule has 0 N–H and O–H groups in total. The van der Waals surface area contributed by atoms with E-state index in [1.54, 1.807) is 4.90 Å². The lowest BCUT2D eigenvalue weighted by atomic mass is 9.95. The molecular weight excluding hydrogens is 382 g/mol. The van der Waals surface area contributed by atoms with Crippen LogP contribution < -0.4 is 4.90 Å². The van der Waals surface area contributed by atoms with Crippen LogP contribution in [0, 0.1) is 0 Å². The van der Waals surface area contributed by atoms with Gasteiger partial charge in [-0.3, -0.25) is 4.79 Å². The van der Waals surface area contributed by atoms with E-state index in [0.29, 0.717) is 5.76 Å². The van der Waals surface area contributed by atoms with Gasteiger partial charge in [-0.2, -0.15) is 4.52 Å². The maximum atomic E-state index is 13.0. The highest BCUT2D eigenvalue weighted by Gasteiger charge is 2.36. The molecule has 0 aromatic carbocycles. The van der Waals surface area contributed by atoms with E-state index in [1.165, 1.54) is 0 Å². The second-order valence-corrected chi connectivity index (χ2v) is 9.35. The first-order chi connectivity index (χ1) is 14.3. The lowest BCUT2D eigenvalue weighted by Crippen LogP contribution is -2.60. The first-order valence-corrected chi connectivity index (χ1v) is 10.6. The van der Waals surface area contributed by atoms with Crippen LogP contribution in [0.4, 0.5) is 5.82 Å². The highest BCUT2D eigenvalue weighted by atomic mass is 16.5. The van der Waals surface area contributed by atoms with Gasteiger partial charge in [0.2, 0.25) is 5.76 Å². The van der Waals surface area contributed by atoms with Gasteiger partial charge in [0.1, 0.15) is 5.82 Å². The van der Waals surface area contributed by atoms with Gasteiger partial charge in [-0.25, -0.2) is 0 Å². The van der Waals surface area contributed by atoms with Crippen LogP contribution >= 0.6 is 0 Å². The molecule has 5 rings (SSSR count). The van der Waals surface area contributed by atoms with Gasteiger partial charge in [0.15, 0.2) is 11.5 Å². The SMILES string of the molecule is CN(C(=O)c1onc2c1CCCC2)C1CN(c2ccc3nnc(C(C)(C)C)n3n2)C1. The summed E-state index contributed by atoms with van der Waals surface area (Å²) in [5.41, 5.74) is 2.55. The van der Waals surface area contributed by atoms with E-state index in [9.17, 15) is 4.79 Å². The Labute approximate surface area is 175 Å². The number of anilines is 1. The minimum Gasteiger partial charge on any atom is -0.351 e. The minimum absolute atomic E-state index is 0.0764. The van der Waals surface area contributed by atoms with Gasteiger partial charge in [0.05, 0.1) is 11.7 Å². The van der Waals surface area contributed by atoms with Crippen LogP contribution in [0.3, 0.4) is 0 Å². The summed E-state index contributed by atoms with van der Waals surface area (Å²) in [7, 11) is 1.84. The number of hydrogen-bond acceptors (Lipinski definition) is 7. The van der Waals surface area contributed by atoms with Crippen molar-refractivity contribution in [2.45, 2.75) is 57.9 Å². The van der Waals surface area contributed by atoms with Crippen LogP contribution in [0.1, 0.15) is 61.2 Å². The van der Waals surface area contributed by atoms with E-state index in [2.05, 4.69) is 41.0 Å². The van der Waals surface area contributed by atoms with E-state index in [-0.39, 0.29) is 17.4 Å². The number of hydrogen-bond donors (Lipinski definition) is 0. The molecule has 0 atom stereocenters. The molecule has 158 valence electrons. The molecular formula is C21H27N7O2. The zero-order valence-electron chi connectivity index (χ0n) is 17.9. The van der Waals surface area contributed by atoms with Crippen molar-refractivity contribution in [3.63, 3.8) is 0 Å². The molecule has 0 unspecified atom stereocenters. The number of amides is 1. The molecule has 1 amide bonds. The summed E-state index contributed by atoms with van der Waals surface area (Å²) in [6.45, 7) is 7.74. The van der Waals surface area contributed by atoms with Crippen molar-refractivity contribution in [3.8, 4) is 0 Å². The molecule has 1 fully saturated rings. The van der Waals surface area contributed by atoms with Crippen LogP contribution in [0.5, 0.6) is 0 Å². The van der Waals surface area contributed by atoms with Crippen molar-refractivity contribution < 1.29 is 9.32 Å². The Kier molecular flexibility index (Phi) is 4.30. The Morgan fingerprint density at radius 3 is 2.70 bits per heavy atom. The monoisotopic (exact) mass is 409 g/mol. The molecule has 4 heterocycles. The van der Waals surface area contributed by atoms with E-state index in [1.807, 2.05) is 23.7 Å². The normalized spacial score (nSPS) is 17.1. The number of carbonyl (C=O) groups excluding carboxylic acids is 1. The van der Waals surface area contributed by atoms with E-state index in [0.717, 1.165) is 67.3 Å². The number of rotatable bonds is 3. The number of aromatic nitrogens is 5. The summed E-state index contributed by atoms with van der Waals surface area (Å²) in [5.74, 6) is 2.04. The summed E-state index contributed by atoms with van der Waals surface area (Å²) in [5, 5.41) is 17.4. The fourth-order valence-corrected chi connectivity index (χ4v) is 4.19. The fraction of sp³-hybridized carbons (Fsp3) is 0.571. The summed E-state index contributed by atoms with van der Waals surface area (Å²) < 4.78 is 7.25. The van der Waals surface area contributed by atoms with Crippen molar-refractivity contribution in [2.75, 3.05) is 25.0 Å². The number of carbonyl (C=O) groups is 1. The summed E-state index contributed by atoms with van der Waals surface area (Å²) in [6.07, 6.45) is 3.98. The largest absolute Gasteiger partial charge is 0.351 e. The van der Waals surface area contributed by atoms with Gasteiger partial charge in [0, 0.05) is 31.1 Å². The second-order valence-electron chi connectivity index (χ2n) is 9.35. The highest BCUT2D eigenvalue weighted by molar-refractivity contribution is 5.93. The van der Waals surface area contributed by atoms with Crippen LogP contribution in [0.2, 0.25) is 0 Å². The second kappa shape index (κ2) is 6.78. The summed E-state index contributed by atoms with van der Waals surface area (Å²) in [6, 6.07) is 4.01. The van der Waals surface area contributed by atoms with E-state index >= 15 is 0 Å². The van der Waals surface area contributed by atoms with Gasteiger partial charge in [-0.05, 0) is 37.8 Å². The molecule has 0 bridgehead atoms. The van der Waals surface area contributed by atoms with Gasteiger partial charge in [-0.1, -0.05) is 25.9 Å². The third-order valence-corrected chi connectivity index (χ3v) is 6.13. The van der Waals surface area contributed by atoms with Gasteiger partial charge in [0.25, 0.3) is 5.91 Å². The van der Waals surface area contributed by atoms with Crippen LogP contribution in [-0.2, 0) is 18.3 Å². The lowest BCUT2D eigenvalue weighted by Gasteiger charge is -2.44. The molecule has 0 radical (unpaired) electrons. The van der Waals surface area contributed by atoms with Gasteiger partial charge in [-0.15, -0.1) is 15.3 Å². The maximum absolute atomic E-state index is 13.0. The van der Waals surface area contributed by atoms with Crippen molar-refractivity contribution >= 4 is 17.4 Å². The highest BCUT2D eigenvalue weighted by Crippen LogP contribution is 2.28. The lowest BCUT2D eigenvalue weighted by molar-refractivity contribution is 0.0661. The molecule has 3 aromatic heterocycles. The molecule has 30 heavy (non-hydrogen) atoms. The van der Waals surface area contributed by atoms with Crippen LogP contribution in [-0.4, -0.2) is 62.0 Å². The molecule has 3 aromatic rings. The summed E-state index contributed by atoms with van der Waals surface area (Å²) in [4.78, 5) is 16.9. The molecule has 9 heteroatoms. The fourth-order valence-electron chi connectivity index (χ4n) is 4.19. The number of nitrogens with zero attached hydrogens (tertiary/aromatic N) is 7. The molecule has 1 saturated heterocycles. The van der Waals surface area contributed by atoms with Gasteiger partial charge < -0.3 is 14.3 Å². The van der Waals surface area contributed by atoms with Gasteiger partial charge >= 0.3 is 0 Å². The van der Waals surface area contributed by atoms with Crippen molar-refractivity contribution in [3.05, 3.63) is 35.0 Å². The number of likely N-dealkylation sites (N-methyl/N-ethyl adjacent to an activating group) is 1. The average Bonchev–Trinajstić information content (AvgIpc) is 3.29. The predicted octanol–water partition coefficient (Wildman–Crippen LogP) is 2.25.